The summed E-state index contributed by atoms with van der Waals surface area (Å²) in [6.07, 6.45) is 11.1. The van der Waals surface area contributed by atoms with Gasteiger partial charge >= 0.3 is 10.4 Å². The Kier molecular flexibility index (Phi) is 19.9. The molecule has 0 unspecified atom stereocenters. The topological polar surface area (TPSA) is 74.6 Å². The van der Waals surface area contributed by atoms with Crippen LogP contribution in [0.1, 0.15) is 79.1 Å². The minimum Gasteiger partial charge on any atom is -0.324 e. The number of hydrogen-bond donors (Lipinski definition) is 2. The average molecular weight is 361 g/mol. The van der Waals surface area contributed by atoms with Crippen LogP contribution in [0.4, 0.5) is 4.70 Å². The van der Waals surface area contributed by atoms with Crippen molar-refractivity contribution < 1.29 is 26.7 Å². The Bertz CT molecular complexity index is 291. The molecule has 2 N–H and O–H groups in total. The Morgan fingerprint density at radius 1 is 0.652 bits per heavy atom. The zero-order chi connectivity index (χ0) is 17.5. The second-order valence-electron chi connectivity index (χ2n) is 6.10. The van der Waals surface area contributed by atoms with Crippen molar-refractivity contribution in [1.82, 2.24) is 0 Å². The highest BCUT2D eigenvalue weighted by Gasteiger charge is 2.24. The number of rotatable bonds is 12. The van der Waals surface area contributed by atoms with Crippen LogP contribution in [0.5, 0.6) is 0 Å². The minimum absolute atomic E-state index is 0. The molecule has 0 spiro atoms. The smallest absolute Gasteiger partial charge is 0.324 e. The fourth-order valence-electron chi connectivity index (χ4n) is 2.64. The summed E-state index contributed by atoms with van der Waals surface area (Å²) in [4.78, 5) is 0. The quantitative estimate of drug-likeness (QED) is 0.397. The van der Waals surface area contributed by atoms with Gasteiger partial charge in [-0.2, -0.15) is 8.42 Å². The van der Waals surface area contributed by atoms with Gasteiger partial charge in [0, 0.05) is 0 Å². The van der Waals surface area contributed by atoms with Crippen LogP contribution in [-0.4, -0.2) is 48.2 Å². The largest absolute Gasteiger partial charge is 0.394 e. The van der Waals surface area contributed by atoms with E-state index >= 15 is 0 Å². The first-order valence-corrected chi connectivity index (χ1v) is 10.2. The molecule has 23 heavy (non-hydrogen) atoms. The molecule has 0 aromatic rings. The van der Waals surface area contributed by atoms with Crippen LogP contribution in [0.2, 0.25) is 0 Å². The predicted octanol–water partition coefficient (Wildman–Crippen LogP) is 4.50. The van der Waals surface area contributed by atoms with Crippen LogP contribution in [0.25, 0.3) is 0 Å². The molecule has 0 rings (SSSR count). The van der Waals surface area contributed by atoms with Crippen molar-refractivity contribution in [2.75, 3.05) is 26.2 Å². The van der Waals surface area contributed by atoms with Gasteiger partial charge in [-0.05, 0) is 25.7 Å². The van der Waals surface area contributed by atoms with Gasteiger partial charge in [0.2, 0.25) is 0 Å². The third-order valence-corrected chi connectivity index (χ3v) is 3.94. The SMILES string of the molecule is CCCC[N+](CCCC)(CCCC)CCCC.F.O=S(=O)(O)O. The average Bonchev–Trinajstić information content (AvgIpc) is 2.44. The summed E-state index contributed by atoms with van der Waals surface area (Å²) in [5.74, 6) is 0. The Labute approximate surface area is 143 Å². The van der Waals surface area contributed by atoms with E-state index in [0.717, 1.165) is 0 Å². The maximum atomic E-state index is 8.74. The van der Waals surface area contributed by atoms with Crippen LogP contribution >= 0.6 is 0 Å². The fourth-order valence-corrected chi connectivity index (χ4v) is 2.64. The van der Waals surface area contributed by atoms with Crippen LogP contribution in [0, 0.1) is 0 Å². The maximum Gasteiger partial charge on any atom is 0.394 e. The number of unbranched alkanes of at least 4 members (excludes halogenated alkanes) is 4. The number of quaternary nitrogens is 1. The van der Waals surface area contributed by atoms with Gasteiger partial charge < -0.3 is 4.48 Å². The van der Waals surface area contributed by atoms with Gasteiger partial charge in [0.1, 0.15) is 0 Å². The Balaban J connectivity index is -0.000000578. The molecule has 0 heterocycles. The third kappa shape index (κ3) is 21.8. The summed E-state index contributed by atoms with van der Waals surface area (Å²) in [5, 5.41) is 0. The molecule has 144 valence electrons. The lowest BCUT2D eigenvalue weighted by atomic mass is 10.1. The van der Waals surface area contributed by atoms with Crippen LogP contribution < -0.4 is 0 Å². The van der Waals surface area contributed by atoms with E-state index in [9.17, 15) is 0 Å². The summed E-state index contributed by atoms with van der Waals surface area (Å²) in [5.41, 5.74) is 0. The number of nitrogens with zero attached hydrogens (tertiary/aromatic N) is 1. The van der Waals surface area contributed by atoms with Crippen LogP contribution in [0.15, 0.2) is 0 Å². The molecule has 0 atom stereocenters. The molecule has 0 bridgehead atoms. The van der Waals surface area contributed by atoms with E-state index in [1.807, 2.05) is 0 Å². The Morgan fingerprint density at radius 2 is 0.826 bits per heavy atom. The molecular weight excluding hydrogens is 321 g/mol. The lowest BCUT2D eigenvalue weighted by Crippen LogP contribution is -2.50. The molecule has 0 saturated heterocycles. The molecule has 0 aliphatic rings. The lowest BCUT2D eigenvalue weighted by Gasteiger charge is -2.39. The van der Waals surface area contributed by atoms with E-state index in [0.29, 0.717) is 0 Å². The second-order valence-corrected chi connectivity index (χ2v) is 6.99. The molecule has 5 nitrogen and oxygen atoms in total. The van der Waals surface area contributed by atoms with Gasteiger partial charge in [-0.15, -0.1) is 0 Å². The van der Waals surface area contributed by atoms with E-state index in [1.54, 1.807) is 0 Å². The van der Waals surface area contributed by atoms with Crippen molar-refractivity contribution in [2.45, 2.75) is 79.1 Å². The molecule has 0 radical (unpaired) electrons. The van der Waals surface area contributed by atoms with Crippen LogP contribution in [0.3, 0.4) is 0 Å². The zero-order valence-corrected chi connectivity index (χ0v) is 16.3. The zero-order valence-electron chi connectivity index (χ0n) is 15.5. The summed E-state index contributed by atoms with van der Waals surface area (Å²) >= 11 is 0. The van der Waals surface area contributed by atoms with Gasteiger partial charge in [0.15, 0.2) is 0 Å². The molecular formula is C16H39FNO4S+. The van der Waals surface area contributed by atoms with Gasteiger partial charge in [0.25, 0.3) is 0 Å². The van der Waals surface area contributed by atoms with E-state index < -0.39 is 10.4 Å². The summed E-state index contributed by atoms with van der Waals surface area (Å²) < 4.78 is 33.0. The van der Waals surface area contributed by atoms with Crippen molar-refractivity contribution >= 4 is 10.4 Å². The van der Waals surface area contributed by atoms with Gasteiger partial charge in [0.05, 0.1) is 26.2 Å². The van der Waals surface area contributed by atoms with Gasteiger partial charge in [-0.1, -0.05) is 53.4 Å². The standard InChI is InChI=1S/C16H36N.FH.H2O4S/c1-5-9-13-17(14-10-6-2,15-11-7-3)16-12-8-4;;1-5(2,3)4/h5-16H2,1-4H3;1H;(H2,1,2,3,4)/q+1;;. The highest BCUT2D eigenvalue weighted by Crippen LogP contribution is 2.16. The second kappa shape index (κ2) is 16.6. The predicted molar refractivity (Wildman–Crippen MR) is 96.0 cm³/mol. The molecule has 7 heteroatoms. The Hall–Kier alpha value is -0.240. The molecule has 0 amide bonds. The molecule has 0 aromatic heterocycles. The summed E-state index contributed by atoms with van der Waals surface area (Å²) in [6.45, 7) is 15.0. The highest BCUT2D eigenvalue weighted by atomic mass is 32.3. The van der Waals surface area contributed by atoms with Crippen molar-refractivity contribution in [3.05, 3.63) is 0 Å². The molecule has 0 saturated carbocycles. The molecule has 0 aliphatic carbocycles. The summed E-state index contributed by atoms with van der Waals surface area (Å²) in [6, 6.07) is 0. The first-order valence-electron chi connectivity index (χ1n) is 8.79. The van der Waals surface area contributed by atoms with E-state index in [2.05, 4.69) is 27.7 Å². The fraction of sp³-hybridized carbons (Fsp3) is 1.00. The normalized spacial score (nSPS) is 11.4. The monoisotopic (exact) mass is 360 g/mol. The lowest BCUT2D eigenvalue weighted by molar-refractivity contribution is -0.929. The molecule has 0 aliphatic heterocycles. The molecule has 0 fully saturated rings. The number of halogens is 1. The van der Waals surface area contributed by atoms with Crippen molar-refractivity contribution in [3.8, 4) is 0 Å². The first kappa shape index (κ1) is 27.6. The van der Waals surface area contributed by atoms with Crippen molar-refractivity contribution in [2.24, 2.45) is 0 Å². The molecule has 0 aromatic carbocycles. The summed E-state index contributed by atoms with van der Waals surface area (Å²) in [7, 11) is -4.67. The van der Waals surface area contributed by atoms with Gasteiger partial charge in [-0.3, -0.25) is 13.8 Å². The van der Waals surface area contributed by atoms with E-state index in [4.69, 9.17) is 17.5 Å². The number of hydrogen-bond acceptors (Lipinski definition) is 2. The van der Waals surface area contributed by atoms with Crippen molar-refractivity contribution in [1.29, 1.82) is 0 Å². The van der Waals surface area contributed by atoms with Gasteiger partial charge in [-0.25, -0.2) is 0 Å². The minimum atomic E-state index is -4.67. The first-order chi connectivity index (χ1) is 10.2. The van der Waals surface area contributed by atoms with E-state index in [-0.39, 0.29) is 4.70 Å². The Morgan fingerprint density at radius 3 is 0.957 bits per heavy atom. The third-order valence-electron chi connectivity index (χ3n) is 3.94. The maximum absolute atomic E-state index is 8.74. The van der Waals surface area contributed by atoms with Crippen molar-refractivity contribution in [3.63, 3.8) is 0 Å². The highest BCUT2D eigenvalue weighted by molar-refractivity contribution is 7.79. The van der Waals surface area contributed by atoms with Crippen LogP contribution in [-0.2, 0) is 10.4 Å². The van der Waals surface area contributed by atoms with E-state index in [1.165, 1.54) is 82.0 Å².